The molecule has 6 nitrogen and oxygen atoms in total. The highest BCUT2D eigenvalue weighted by molar-refractivity contribution is 5.75. The second-order valence-corrected chi connectivity index (χ2v) is 6.61. The van der Waals surface area contributed by atoms with Crippen LogP contribution in [-0.4, -0.2) is 31.1 Å². The van der Waals surface area contributed by atoms with Crippen molar-refractivity contribution in [3.63, 3.8) is 0 Å². The van der Waals surface area contributed by atoms with Gasteiger partial charge in [-0.15, -0.1) is 0 Å². The Morgan fingerprint density at radius 2 is 1.92 bits per heavy atom. The molecule has 0 atom stereocenters. The lowest BCUT2D eigenvalue weighted by Crippen LogP contribution is -2.10. The van der Waals surface area contributed by atoms with E-state index in [4.69, 9.17) is 0 Å². The number of imidazole rings is 1. The zero-order chi connectivity index (χ0) is 17.6. The second-order valence-electron chi connectivity index (χ2n) is 6.61. The van der Waals surface area contributed by atoms with Crippen LogP contribution in [0.15, 0.2) is 24.3 Å². The number of hydrogen-bond donors (Lipinski definition) is 2. The van der Waals surface area contributed by atoms with Gasteiger partial charge in [-0.3, -0.25) is 0 Å². The van der Waals surface area contributed by atoms with E-state index in [1.165, 1.54) is 5.56 Å². The molecule has 0 amide bonds. The van der Waals surface area contributed by atoms with Gasteiger partial charge in [0.2, 0.25) is 0 Å². The van der Waals surface area contributed by atoms with Gasteiger partial charge in [-0.1, -0.05) is 6.07 Å². The number of aryl methyl sites for hydroxylation is 4. The fraction of sp³-hybridized carbons (Fsp3) is 0.316. The van der Waals surface area contributed by atoms with Gasteiger partial charge >= 0.3 is 0 Å². The molecule has 0 saturated carbocycles. The molecule has 6 heteroatoms. The molecule has 0 aliphatic rings. The van der Waals surface area contributed by atoms with Gasteiger partial charge in [0.25, 0.3) is 0 Å². The molecule has 2 N–H and O–H groups in total. The highest BCUT2D eigenvalue weighted by Crippen LogP contribution is 2.18. The van der Waals surface area contributed by atoms with E-state index in [2.05, 4.69) is 57.4 Å². The smallest absolute Gasteiger partial charge is 0.160 e. The second kappa shape index (κ2) is 5.88. The Hall–Kier alpha value is -2.89. The molecule has 128 valence electrons. The molecule has 0 radical (unpaired) electrons. The Bertz CT molecular complexity index is 1070. The van der Waals surface area contributed by atoms with Crippen molar-refractivity contribution in [1.82, 2.24) is 24.6 Å². The minimum atomic E-state index is 0.773. The van der Waals surface area contributed by atoms with E-state index >= 15 is 0 Å². The predicted molar refractivity (Wildman–Crippen MR) is 100 cm³/mol. The number of hydrogen-bond acceptors (Lipinski definition) is 4. The van der Waals surface area contributed by atoms with Crippen LogP contribution in [-0.2, 0) is 6.42 Å². The third kappa shape index (κ3) is 2.84. The minimum absolute atomic E-state index is 0.773. The molecule has 0 aliphatic carbocycles. The van der Waals surface area contributed by atoms with Crippen LogP contribution in [0.2, 0.25) is 0 Å². The molecule has 4 rings (SSSR count). The van der Waals surface area contributed by atoms with Crippen molar-refractivity contribution in [2.45, 2.75) is 34.1 Å². The molecule has 25 heavy (non-hydrogen) atoms. The summed E-state index contributed by atoms with van der Waals surface area (Å²) < 4.78 is 1.89. The van der Waals surface area contributed by atoms with Crippen LogP contribution in [0.5, 0.6) is 0 Å². The molecular weight excluding hydrogens is 312 g/mol. The van der Waals surface area contributed by atoms with Gasteiger partial charge in [0.1, 0.15) is 11.6 Å². The Morgan fingerprint density at radius 3 is 2.76 bits per heavy atom. The maximum absolute atomic E-state index is 4.65. The van der Waals surface area contributed by atoms with E-state index in [0.29, 0.717) is 0 Å². The Balaban J connectivity index is 1.54. The number of anilines is 1. The summed E-state index contributed by atoms with van der Waals surface area (Å²) in [4.78, 5) is 12.7. The van der Waals surface area contributed by atoms with Crippen LogP contribution < -0.4 is 5.32 Å². The average Bonchev–Trinajstić information content (AvgIpc) is 3.09. The zero-order valence-electron chi connectivity index (χ0n) is 15.0. The molecule has 0 spiro atoms. The summed E-state index contributed by atoms with van der Waals surface area (Å²) in [6.07, 6.45) is 0.815. The first-order valence-electron chi connectivity index (χ1n) is 8.54. The van der Waals surface area contributed by atoms with Crippen LogP contribution in [0.4, 0.5) is 5.82 Å². The van der Waals surface area contributed by atoms with Crippen molar-refractivity contribution in [2.24, 2.45) is 0 Å². The maximum Gasteiger partial charge on any atom is 0.160 e. The van der Waals surface area contributed by atoms with Gasteiger partial charge in [0, 0.05) is 30.3 Å². The standard InChI is InChI=1S/C19H22N6/c1-11-5-6-15-16(9-11)23-17(22-15)7-8-20-18-10-12(2)21-19-13(3)14(4)24-25(18)19/h5-6,9-10,20H,7-8H2,1-4H3,(H,22,23). The number of H-pyrrole nitrogens is 1. The molecule has 3 aromatic heterocycles. The molecule has 0 bridgehead atoms. The fourth-order valence-electron chi connectivity index (χ4n) is 3.08. The fourth-order valence-corrected chi connectivity index (χ4v) is 3.08. The Kier molecular flexibility index (Phi) is 3.67. The first-order chi connectivity index (χ1) is 12.0. The summed E-state index contributed by atoms with van der Waals surface area (Å²) in [6, 6.07) is 8.30. The number of benzene rings is 1. The summed E-state index contributed by atoms with van der Waals surface area (Å²) in [5.41, 5.74) is 7.38. The van der Waals surface area contributed by atoms with Crippen LogP contribution in [0.25, 0.3) is 16.7 Å². The van der Waals surface area contributed by atoms with Gasteiger partial charge in [-0.2, -0.15) is 9.61 Å². The normalized spacial score (nSPS) is 11.5. The number of fused-ring (bicyclic) bond motifs is 2. The molecule has 3 heterocycles. The van der Waals surface area contributed by atoms with Crippen LogP contribution in [0.1, 0.15) is 28.3 Å². The van der Waals surface area contributed by atoms with Gasteiger partial charge in [0.05, 0.1) is 16.7 Å². The first-order valence-corrected chi connectivity index (χ1v) is 8.54. The van der Waals surface area contributed by atoms with Gasteiger partial charge in [0.15, 0.2) is 5.65 Å². The Morgan fingerprint density at radius 1 is 1.08 bits per heavy atom. The van der Waals surface area contributed by atoms with Crippen LogP contribution >= 0.6 is 0 Å². The van der Waals surface area contributed by atoms with E-state index in [1.807, 2.05) is 24.4 Å². The monoisotopic (exact) mass is 334 g/mol. The number of aromatic nitrogens is 5. The summed E-state index contributed by atoms with van der Waals surface area (Å²) in [5, 5.41) is 8.07. The lowest BCUT2D eigenvalue weighted by atomic mass is 10.2. The third-order valence-corrected chi connectivity index (χ3v) is 4.54. The van der Waals surface area contributed by atoms with Crippen LogP contribution in [0, 0.1) is 27.7 Å². The van der Waals surface area contributed by atoms with E-state index in [0.717, 1.165) is 58.2 Å². The molecule has 0 aliphatic heterocycles. The largest absolute Gasteiger partial charge is 0.369 e. The SMILES string of the molecule is Cc1ccc2nc(CCNc3cc(C)nc4c(C)c(C)nn34)[nH]c2c1. The summed E-state index contributed by atoms with van der Waals surface area (Å²) in [5.74, 6) is 1.95. The average molecular weight is 334 g/mol. The van der Waals surface area contributed by atoms with Crippen LogP contribution in [0.3, 0.4) is 0 Å². The van der Waals surface area contributed by atoms with Gasteiger partial charge < -0.3 is 10.3 Å². The lowest BCUT2D eigenvalue weighted by molar-refractivity contribution is 0.877. The molecule has 0 saturated heterocycles. The van der Waals surface area contributed by atoms with Gasteiger partial charge in [-0.05, 0) is 45.4 Å². The van der Waals surface area contributed by atoms with E-state index in [1.54, 1.807) is 0 Å². The summed E-state index contributed by atoms with van der Waals surface area (Å²) >= 11 is 0. The zero-order valence-corrected chi connectivity index (χ0v) is 15.0. The van der Waals surface area contributed by atoms with E-state index in [9.17, 15) is 0 Å². The summed E-state index contributed by atoms with van der Waals surface area (Å²) in [7, 11) is 0. The number of nitrogens with zero attached hydrogens (tertiary/aromatic N) is 4. The predicted octanol–water partition coefficient (Wildman–Crippen LogP) is 3.49. The van der Waals surface area contributed by atoms with Crippen molar-refractivity contribution in [2.75, 3.05) is 11.9 Å². The van der Waals surface area contributed by atoms with Gasteiger partial charge in [-0.25, -0.2) is 9.97 Å². The molecule has 4 aromatic rings. The van der Waals surface area contributed by atoms with Crippen molar-refractivity contribution in [3.8, 4) is 0 Å². The molecule has 0 unspecified atom stereocenters. The topological polar surface area (TPSA) is 70.9 Å². The molecule has 1 aromatic carbocycles. The maximum atomic E-state index is 4.65. The van der Waals surface area contributed by atoms with Crippen molar-refractivity contribution >= 4 is 22.5 Å². The molecule has 0 fully saturated rings. The third-order valence-electron chi connectivity index (χ3n) is 4.54. The highest BCUT2D eigenvalue weighted by Gasteiger charge is 2.11. The van der Waals surface area contributed by atoms with Crippen molar-refractivity contribution in [3.05, 3.63) is 52.6 Å². The number of nitrogens with one attached hydrogen (secondary N) is 2. The quantitative estimate of drug-likeness (QED) is 0.599. The first kappa shape index (κ1) is 15.6. The minimum Gasteiger partial charge on any atom is -0.369 e. The number of rotatable bonds is 4. The molecular formula is C19H22N6. The number of aromatic amines is 1. The lowest BCUT2D eigenvalue weighted by Gasteiger charge is -2.08. The highest BCUT2D eigenvalue weighted by atomic mass is 15.3. The van der Waals surface area contributed by atoms with Crippen molar-refractivity contribution in [1.29, 1.82) is 0 Å². The van der Waals surface area contributed by atoms with Crippen molar-refractivity contribution < 1.29 is 0 Å². The van der Waals surface area contributed by atoms with E-state index < -0.39 is 0 Å². The Labute approximate surface area is 146 Å². The van der Waals surface area contributed by atoms with E-state index in [-0.39, 0.29) is 0 Å². The summed E-state index contributed by atoms with van der Waals surface area (Å²) in [6.45, 7) is 8.94.